The molecule has 22 heavy (non-hydrogen) atoms. The molecule has 1 fully saturated rings. The number of carbonyl (C=O) groups is 1. The van der Waals surface area contributed by atoms with Crippen LogP contribution in [0.1, 0.15) is 45.7 Å². The molecule has 1 heterocycles. The number of carbonyl (C=O) groups excluding carboxylic acids is 1. The minimum absolute atomic E-state index is 0.0337. The van der Waals surface area contributed by atoms with Crippen LogP contribution in [0.15, 0.2) is 12.5 Å². The van der Waals surface area contributed by atoms with Crippen LogP contribution in [0.3, 0.4) is 0 Å². The van der Waals surface area contributed by atoms with Gasteiger partial charge in [-0.15, -0.1) is 0 Å². The Labute approximate surface area is 132 Å². The average molecular weight is 309 g/mol. The number of rotatable bonds is 6. The first kappa shape index (κ1) is 16.8. The van der Waals surface area contributed by atoms with Gasteiger partial charge in [-0.2, -0.15) is 0 Å². The first-order chi connectivity index (χ1) is 10.3. The number of aromatic nitrogens is 2. The van der Waals surface area contributed by atoms with E-state index in [4.69, 9.17) is 9.47 Å². The molecule has 0 saturated heterocycles. The Morgan fingerprint density at radius 1 is 1.45 bits per heavy atom. The highest BCUT2D eigenvalue weighted by Gasteiger charge is 2.37. The number of hydrogen-bond donors (Lipinski definition) is 1. The Kier molecular flexibility index (Phi) is 5.11. The van der Waals surface area contributed by atoms with E-state index in [2.05, 4.69) is 14.9 Å². The summed E-state index contributed by atoms with van der Waals surface area (Å²) in [5.74, 6) is 0. The maximum absolute atomic E-state index is 11.6. The second kappa shape index (κ2) is 6.69. The van der Waals surface area contributed by atoms with E-state index in [1.807, 2.05) is 33.3 Å². The van der Waals surface area contributed by atoms with E-state index in [9.17, 15) is 4.79 Å². The number of nitrogens with zero attached hydrogens (tertiary/aromatic N) is 2. The van der Waals surface area contributed by atoms with Crippen molar-refractivity contribution in [1.82, 2.24) is 14.9 Å². The highest BCUT2D eigenvalue weighted by molar-refractivity contribution is 5.67. The van der Waals surface area contributed by atoms with E-state index in [-0.39, 0.29) is 11.7 Å². The summed E-state index contributed by atoms with van der Waals surface area (Å²) in [6.07, 6.45) is 7.43. The Hall–Kier alpha value is -1.56. The molecule has 0 aromatic carbocycles. The zero-order valence-electron chi connectivity index (χ0n) is 14.0. The van der Waals surface area contributed by atoms with Gasteiger partial charge in [-0.25, -0.2) is 9.78 Å². The molecule has 0 radical (unpaired) electrons. The summed E-state index contributed by atoms with van der Waals surface area (Å²) < 4.78 is 13.0. The molecule has 0 atom stereocenters. The van der Waals surface area contributed by atoms with E-state index < -0.39 is 5.60 Å². The lowest BCUT2D eigenvalue weighted by atomic mass is 9.80. The van der Waals surface area contributed by atoms with Gasteiger partial charge in [0.15, 0.2) is 0 Å². The molecule has 1 aliphatic carbocycles. The van der Waals surface area contributed by atoms with Crippen LogP contribution < -0.4 is 5.32 Å². The van der Waals surface area contributed by atoms with Gasteiger partial charge in [0.1, 0.15) is 5.60 Å². The summed E-state index contributed by atoms with van der Waals surface area (Å²) >= 11 is 0. The highest BCUT2D eigenvalue weighted by atomic mass is 16.6. The molecule has 1 aromatic heterocycles. The molecule has 6 heteroatoms. The van der Waals surface area contributed by atoms with Crippen LogP contribution in [0.4, 0.5) is 4.79 Å². The largest absolute Gasteiger partial charge is 0.444 e. The van der Waals surface area contributed by atoms with Crippen molar-refractivity contribution in [1.29, 1.82) is 0 Å². The zero-order valence-corrected chi connectivity index (χ0v) is 14.0. The average Bonchev–Trinajstić information content (AvgIpc) is 2.79. The van der Waals surface area contributed by atoms with E-state index in [1.165, 1.54) is 6.42 Å². The lowest BCUT2D eigenvalue weighted by Crippen LogP contribution is -2.43. The maximum Gasteiger partial charge on any atom is 0.407 e. The fourth-order valence-corrected chi connectivity index (χ4v) is 2.61. The molecule has 1 amide bonds. The molecule has 1 aliphatic rings. The van der Waals surface area contributed by atoms with Gasteiger partial charge in [0.2, 0.25) is 0 Å². The second-order valence-electron chi connectivity index (χ2n) is 6.93. The van der Waals surface area contributed by atoms with E-state index in [1.54, 1.807) is 7.11 Å². The molecule has 124 valence electrons. The van der Waals surface area contributed by atoms with Gasteiger partial charge >= 0.3 is 6.09 Å². The molecule has 1 saturated carbocycles. The van der Waals surface area contributed by atoms with Crippen molar-refractivity contribution in [3.8, 4) is 0 Å². The Morgan fingerprint density at radius 3 is 2.73 bits per heavy atom. The molecule has 0 aliphatic heterocycles. The molecule has 0 spiro atoms. The molecule has 2 rings (SSSR count). The molecular formula is C16H27N3O3. The number of alkyl carbamates (subject to hydrolysis) is 1. The zero-order chi connectivity index (χ0) is 16.2. The number of methoxy groups -OCH3 is 1. The smallest absolute Gasteiger partial charge is 0.407 e. The third-order valence-corrected chi connectivity index (χ3v) is 4.00. The van der Waals surface area contributed by atoms with Crippen LogP contribution >= 0.6 is 0 Å². The van der Waals surface area contributed by atoms with Gasteiger partial charge in [-0.1, -0.05) is 0 Å². The summed E-state index contributed by atoms with van der Waals surface area (Å²) in [5, 5.41) is 2.78. The van der Waals surface area contributed by atoms with Crippen LogP contribution in [0, 0.1) is 0 Å². The topological polar surface area (TPSA) is 65.4 Å². The third kappa shape index (κ3) is 4.47. The number of amides is 1. The van der Waals surface area contributed by atoms with Gasteiger partial charge in [0.25, 0.3) is 0 Å². The van der Waals surface area contributed by atoms with E-state index >= 15 is 0 Å². The Balaban J connectivity index is 1.82. The van der Waals surface area contributed by atoms with E-state index in [0.29, 0.717) is 6.54 Å². The van der Waals surface area contributed by atoms with Crippen molar-refractivity contribution < 1.29 is 14.3 Å². The number of nitrogens with one attached hydrogen (secondary N) is 1. The maximum atomic E-state index is 11.6. The summed E-state index contributed by atoms with van der Waals surface area (Å²) in [7, 11) is 1.78. The van der Waals surface area contributed by atoms with Crippen molar-refractivity contribution in [2.75, 3.05) is 13.7 Å². The van der Waals surface area contributed by atoms with E-state index in [0.717, 1.165) is 31.5 Å². The molecule has 1 aromatic rings. The van der Waals surface area contributed by atoms with Crippen molar-refractivity contribution in [3.63, 3.8) is 0 Å². The highest BCUT2D eigenvalue weighted by Crippen LogP contribution is 2.36. The normalized spacial score (nSPS) is 16.9. The quantitative estimate of drug-likeness (QED) is 0.877. The molecule has 0 unspecified atom stereocenters. The predicted octanol–water partition coefficient (Wildman–Crippen LogP) is 2.52. The molecule has 0 bridgehead atoms. The number of hydrogen-bond acceptors (Lipinski definition) is 4. The molecular weight excluding hydrogens is 282 g/mol. The van der Waals surface area contributed by atoms with Crippen LogP contribution in [-0.4, -0.2) is 40.5 Å². The summed E-state index contributed by atoms with van der Waals surface area (Å²) in [6.45, 7) is 6.91. The first-order valence-electron chi connectivity index (χ1n) is 7.85. The lowest BCUT2D eigenvalue weighted by Gasteiger charge is -2.41. The summed E-state index contributed by atoms with van der Waals surface area (Å²) in [6, 6.07) is 0. The minimum Gasteiger partial charge on any atom is -0.444 e. The van der Waals surface area contributed by atoms with Gasteiger partial charge in [0, 0.05) is 32.0 Å². The predicted molar refractivity (Wildman–Crippen MR) is 83.8 cm³/mol. The second-order valence-corrected chi connectivity index (χ2v) is 6.93. The monoisotopic (exact) mass is 309 g/mol. The standard InChI is InChI=1S/C16H27N3O3/c1-15(2,3)22-14(20)18-9-6-13-10-17-12-19(13)11-16(21-4)7-5-8-16/h10,12H,5-9,11H2,1-4H3,(H,18,20). The van der Waals surface area contributed by atoms with Gasteiger partial charge in [-0.05, 0) is 40.0 Å². The van der Waals surface area contributed by atoms with Crippen molar-refractivity contribution in [3.05, 3.63) is 18.2 Å². The summed E-state index contributed by atoms with van der Waals surface area (Å²) in [5.41, 5.74) is 0.592. The number of ether oxygens (including phenoxy) is 2. The molecule has 6 nitrogen and oxygen atoms in total. The van der Waals surface area contributed by atoms with Crippen molar-refractivity contribution in [2.24, 2.45) is 0 Å². The first-order valence-corrected chi connectivity index (χ1v) is 7.85. The fourth-order valence-electron chi connectivity index (χ4n) is 2.61. The van der Waals surface area contributed by atoms with Crippen molar-refractivity contribution in [2.45, 2.75) is 64.2 Å². The Morgan fingerprint density at radius 2 is 2.18 bits per heavy atom. The fraction of sp³-hybridized carbons (Fsp3) is 0.750. The third-order valence-electron chi connectivity index (χ3n) is 4.00. The van der Waals surface area contributed by atoms with Crippen LogP contribution in [0.5, 0.6) is 0 Å². The van der Waals surface area contributed by atoms with Crippen LogP contribution in [-0.2, 0) is 22.4 Å². The Bertz CT molecular complexity index is 495. The van der Waals surface area contributed by atoms with Gasteiger partial charge < -0.3 is 19.4 Å². The SMILES string of the molecule is COC1(Cn2cncc2CCNC(=O)OC(C)(C)C)CCC1. The van der Waals surface area contributed by atoms with Gasteiger partial charge in [0.05, 0.1) is 18.5 Å². The van der Waals surface area contributed by atoms with Crippen molar-refractivity contribution >= 4 is 6.09 Å². The molecule has 1 N–H and O–H groups in total. The van der Waals surface area contributed by atoms with Crippen LogP contribution in [0.25, 0.3) is 0 Å². The number of imidazole rings is 1. The summed E-state index contributed by atoms with van der Waals surface area (Å²) in [4.78, 5) is 15.8. The minimum atomic E-state index is -0.471. The van der Waals surface area contributed by atoms with Gasteiger partial charge in [-0.3, -0.25) is 0 Å². The lowest BCUT2D eigenvalue weighted by molar-refractivity contribution is -0.0839. The van der Waals surface area contributed by atoms with Crippen LogP contribution in [0.2, 0.25) is 0 Å².